The van der Waals surface area contributed by atoms with Crippen molar-refractivity contribution in [3.8, 4) is 0 Å². The zero-order valence-electron chi connectivity index (χ0n) is 27.7. The van der Waals surface area contributed by atoms with Crippen LogP contribution in [0.5, 0.6) is 0 Å². The van der Waals surface area contributed by atoms with Gasteiger partial charge in [0.25, 0.3) is 0 Å². The number of hydrogen-bond donors (Lipinski definition) is 0. The summed E-state index contributed by atoms with van der Waals surface area (Å²) in [4.78, 5) is 54.8. The Morgan fingerprint density at radius 1 is 0.733 bits per heavy atom. The van der Waals surface area contributed by atoms with E-state index < -0.39 is 11.9 Å². The van der Waals surface area contributed by atoms with Crippen molar-refractivity contribution in [3.05, 3.63) is 90.3 Å². The number of carboxylic acids is 2. The van der Waals surface area contributed by atoms with Crippen LogP contribution in [-0.4, -0.2) is 34.9 Å². The Hall–Kier alpha value is -4.60. The summed E-state index contributed by atoms with van der Waals surface area (Å²) in [5, 5.41) is 36.7. The summed E-state index contributed by atoms with van der Waals surface area (Å²) in [6.45, 7) is 10.2. The summed E-state index contributed by atoms with van der Waals surface area (Å²) < 4.78 is 0. The number of ketones is 1. The van der Waals surface area contributed by atoms with Crippen molar-refractivity contribution < 1.29 is 49.6 Å². The normalized spacial score (nSPS) is 18.4. The first kappa shape index (κ1) is 33.3. The van der Waals surface area contributed by atoms with Gasteiger partial charge in [0, 0.05) is 17.5 Å². The second kappa shape index (κ2) is 12.8. The molecule has 0 saturated heterocycles. The van der Waals surface area contributed by atoms with E-state index in [0.717, 1.165) is 5.56 Å². The molecule has 0 saturated carbocycles. The van der Waals surface area contributed by atoms with Crippen molar-refractivity contribution in [2.75, 3.05) is 0 Å². The minimum absolute atomic E-state index is 0. The third-order valence-electron chi connectivity index (χ3n) is 8.24. The van der Waals surface area contributed by atoms with Crippen molar-refractivity contribution in [1.82, 2.24) is 4.98 Å². The summed E-state index contributed by atoms with van der Waals surface area (Å²) in [5.74, 6) is -2.78. The van der Waals surface area contributed by atoms with E-state index in [-0.39, 0.29) is 57.1 Å². The van der Waals surface area contributed by atoms with Gasteiger partial charge < -0.3 is 29.9 Å². The van der Waals surface area contributed by atoms with E-state index in [1.807, 2.05) is 13.8 Å². The SMILES string of the molecule is CC(=O)C1=C(C)C2=NC1=CC1=C(C)/C(=C(/C)[O-])C(=N1)C=C1N=C(C=c3[n-]c(c(C)c3CCC(=O)[O-])=C2)C(CCC(=O)[O-])=C1C.[Fe+2].[H+].[H+]. The van der Waals surface area contributed by atoms with Crippen molar-refractivity contribution in [2.24, 2.45) is 15.0 Å². The number of carbonyl (C=O) groups is 3. The fraction of sp³-hybridized carbons (Fsp3) is 0.294. The monoisotopic (exact) mass is 648 g/mol. The maximum Gasteiger partial charge on any atom is 2.00 e. The molecule has 0 amide bonds. The fourth-order valence-corrected chi connectivity index (χ4v) is 5.94. The maximum atomic E-state index is 12.8. The molecule has 0 N–H and O–H groups in total. The van der Waals surface area contributed by atoms with E-state index in [1.54, 1.807) is 38.2 Å². The number of aliphatic carboxylic acids is 2. The van der Waals surface area contributed by atoms with Gasteiger partial charge in [0.1, 0.15) is 0 Å². The Kier molecular flexibility index (Phi) is 9.46. The van der Waals surface area contributed by atoms with Crippen LogP contribution in [0.25, 0.3) is 12.2 Å². The standard InChI is InChI=1S/C34H34N4O6.Fe/c1-15-21(7-9-31(41)42)27-14-28-22(8-10-32(43)44)16(2)24(36-28)12-29-34(20(6)40)18(4)26(38-29)13-30-33(19(5)39)17(3)25(37-30)11-23(15)35-27;/h11-14H,7-10H2,1-6H3,(H4,35,36,37,38,39,40,41,42,43,44);/q;+2/p-2. The molecule has 45 heavy (non-hydrogen) atoms. The Bertz CT molecular complexity index is 2000. The van der Waals surface area contributed by atoms with Crippen LogP contribution in [0.2, 0.25) is 0 Å². The van der Waals surface area contributed by atoms with Crippen LogP contribution < -0.4 is 31.0 Å². The van der Waals surface area contributed by atoms with Crippen LogP contribution >= 0.6 is 0 Å². The molecule has 1 aromatic heterocycles. The number of aliphatic imine (C=N–C) groups is 3. The van der Waals surface area contributed by atoms with Crippen LogP contribution in [0.4, 0.5) is 0 Å². The quantitative estimate of drug-likeness (QED) is 0.301. The molecule has 0 aliphatic carbocycles. The topological polar surface area (TPSA) is 172 Å². The molecule has 0 atom stereocenters. The Morgan fingerprint density at radius 3 is 1.98 bits per heavy atom. The van der Waals surface area contributed by atoms with E-state index in [4.69, 9.17) is 20.0 Å². The molecule has 8 bridgehead atoms. The molecular weight excluding hydrogens is 616 g/mol. The second-order valence-electron chi connectivity index (χ2n) is 11.2. The smallest absolute Gasteiger partial charge is 0.875 e. The minimum Gasteiger partial charge on any atom is -0.875 e. The molecule has 4 aliphatic rings. The van der Waals surface area contributed by atoms with Crippen molar-refractivity contribution in [2.45, 2.75) is 67.2 Å². The average molecular weight is 648 g/mol. The van der Waals surface area contributed by atoms with Crippen molar-refractivity contribution >= 4 is 47.0 Å². The third-order valence-corrected chi connectivity index (χ3v) is 8.24. The number of hydrogen-bond acceptors (Lipinski definition) is 9. The molecule has 5 heterocycles. The zero-order valence-corrected chi connectivity index (χ0v) is 26.8. The fourth-order valence-electron chi connectivity index (χ4n) is 5.94. The van der Waals surface area contributed by atoms with Gasteiger partial charge in [-0.15, -0.1) is 16.5 Å². The molecule has 0 spiro atoms. The summed E-state index contributed by atoms with van der Waals surface area (Å²) in [6.07, 6.45) is 6.72. The maximum absolute atomic E-state index is 12.8. The molecule has 5 rings (SSSR count). The average Bonchev–Trinajstić information content (AvgIpc) is 3.59. The predicted molar refractivity (Wildman–Crippen MR) is 162 cm³/mol. The minimum atomic E-state index is -1.21. The van der Waals surface area contributed by atoms with Gasteiger partial charge in [-0.05, 0) is 100 Å². The molecule has 0 aromatic carbocycles. The van der Waals surface area contributed by atoms with Crippen LogP contribution in [-0.2, 0) is 37.9 Å². The predicted octanol–water partition coefficient (Wildman–Crippen LogP) is 0.224. The van der Waals surface area contributed by atoms with Gasteiger partial charge in [0.05, 0.1) is 34.2 Å². The van der Waals surface area contributed by atoms with E-state index >= 15 is 0 Å². The van der Waals surface area contributed by atoms with Gasteiger partial charge in [0.15, 0.2) is 5.78 Å². The molecule has 11 heteroatoms. The molecule has 0 radical (unpaired) electrons. The first-order chi connectivity index (χ1) is 20.8. The Balaban J connectivity index is 0.00000256. The van der Waals surface area contributed by atoms with Gasteiger partial charge in [-0.1, -0.05) is 30.2 Å². The molecule has 10 nitrogen and oxygen atoms in total. The first-order valence-electron chi connectivity index (χ1n) is 14.2. The largest absolute Gasteiger partial charge is 2.00 e. The Labute approximate surface area is 273 Å². The van der Waals surface area contributed by atoms with Crippen molar-refractivity contribution in [3.63, 3.8) is 0 Å². The van der Waals surface area contributed by atoms with E-state index in [0.29, 0.717) is 83.9 Å². The van der Waals surface area contributed by atoms with Crippen LogP contribution in [0.15, 0.2) is 83.4 Å². The van der Waals surface area contributed by atoms with E-state index in [9.17, 15) is 29.7 Å². The number of rotatable bonds is 7. The van der Waals surface area contributed by atoms with Gasteiger partial charge in [-0.3, -0.25) is 4.79 Å². The third kappa shape index (κ3) is 6.32. The van der Waals surface area contributed by atoms with Crippen LogP contribution in [0.3, 0.4) is 0 Å². The second-order valence-corrected chi connectivity index (χ2v) is 11.2. The van der Waals surface area contributed by atoms with Crippen LogP contribution in [0.1, 0.15) is 67.9 Å². The molecule has 4 aliphatic heterocycles. The summed E-state index contributed by atoms with van der Waals surface area (Å²) in [7, 11) is 0. The number of nitrogens with zero attached hydrogens (tertiary/aromatic N) is 4. The molecule has 232 valence electrons. The first-order valence-corrected chi connectivity index (χ1v) is 14.2. The number of Topliss-reactive ketones (excluding diaryl/α,β-unsaturated/α-hetero) is 1. The molecule has 0 unspecified atom stereocenters. The summed E-state index contributed by atoms with van der Waals surface area (Å²) in [6, 6.07) is 0. The van der Waals surface area contributed by atoms with Crippen molar-refractivity contribution in [1.29, 1.82) is 0 Å². The molecule has 0 fully saturated rings. The van der Waals surface area contributed by atoms with E-state index in [2.05, 4.69) is 0 Å². The van der Waals surface area contributed by atoms with Gasteiger partial charge >= 0.3 is 19.9 Å². The van der Waals surface area contributed by atoms with Crippen LogP contribution in [0, 0.1) is 6.92 Å². The van der Waals surface area contributed by atoms with Gasteiger partial charge in [0.2, 0.25) is 0 Å². The number of carboxylic acid groups (broad SMARTS) is 2. The zero-order chi connectivity index (χ0) is 32.0. The van der Waals surface area contributed by atoms with E-state index in [1.165, 1.54) is 13.8 Å². The number of allylic oxidation sites excluding steroid dienone is 9. The van der Waals surface area contributed by atoms with Gasteiger partial charge in [-0.2, -0.15) is 0 Å². The number of fused-ring (bicyclic) bond motifs is 5. The van der Waals surface area contributed by atoms with Gasteiger partial charge in [-0.25, -0.2) is 15.0 Å². The summed E-state index contributed by atoms with van der Waals surface area (Å²) in [5.41, 5.74) is 7.74. The molecule has 1 aromatic rings. The summed E-state index contributed by atoms with van der Waals surface area (Å²) >= 11 is 0. The molecular formula is C34H32FeN4O6. The number of carbonyl (C=O) groups excluding carboxylic acids is 3. The Morgan fingerprint density at radius 2 is 1.36 bits per heavy atom. The number of aromatic nitrogens is 1.